The quantitative estimate of drug-likeness (QED) is 0.935. The predicted molar refractivity (Wildman–Crippen MR) is 73.7 cm³/mol. The highest BCUT2D eigenvalue weighted by atomic mass is 19.1. The number of aromatic nitrogens is 2. The fourth-order valence-electron chi connectivity index (χ4n) is 2.78. The maximum Gasteiger partial charge on any atom is 0.244 e. The molecule has 0 spiro atoms. The van der Waals surface area contributed by atoms with Crippen LogP contribution in [0.1, 0.15) is 18.0 Å². The van der Waals surface area contributed by atoms with Crippen LogP contribution in [0.3, 0.4) is 0 Å². The zero-order valence-electron chi connectivity index (χ0n) is 11.7. The van der Waals surface area contributed by atoms with E-state index in [2.05, 4.69) is 5.10 Å². The second-order valence-electron chi connectivity index (χ2n) is 5.32. The van der Waals surface area contributed by atoms with Gasteiger partial charge in [0.15, 0.2) is 0 Å². The van der Waals surface area contributed by atoms with Gasteiger partial charge < -0.3 is 10.0 Å². The number of aliphatic hydroxyl groups excluding tert-OH is 1. The molecule has 0 unspecified atom stereocenters. The van der Waals surface area contributed by atoms with E-state index < -0.39 is 23.8 Å². The standard InChI is InChI=1S/C15H15F2N3O2/c16-10-2-3-13(17)12(6-10)14-7-11(21)8-20(14)15(22)9-19-5-1-4-18-19/h1-6,11,14,21H,7-9H2/t11-,14-/m0/s1. The van der Waals surface area contributed by atoms with Gasteiger partial charge in [0.05, 0.1) is 12.1 Å². The van der Waals surface area contributed by atoms with Gasteiger partial charge in [-0.2, -0.15) is 5.10 Å². The fourth-order valence-corrected chi connectivity index (χ4v) is 2.78. The van der Waals surface area contributed by atoms with Crippen molar-refractivity contribution in [3.8, 4) is 0 Å². The number of aliphatic hydroxyl groups is 1. The molecule has 1 fully saturated rings. The molecule has 5 nitrogen and oxygen atoms in total. The third-order valence-corrected chi connectivity index (χ3v) is 3.77. The molecule has 2 atom stereocenters. The molecule has 0 radical (unpaired) electrons. The van der Waals surface area contributed by atoms with E-state index in [-0.39, 0.29) is 31.0 Å². The molecular formula is C15H15F2N3O2. The van der Waals surface area contributed by atoms with Gasteiger partial charge in [-0.1, -0.05) is 0 Å². The summed E-state index contributed by atoms with van der Waals surface area (Å²) in [6, 6.07) is 4.15. The second-order valence-corrected chi connectivity index (χ2v) is 5.32. The Hall–Kier alpha value is -2.28. The van der Waals surface area contributed by atoms with Crippen molar-refractivity contribution in [3.63, 3.8) is 0 Å². The molecule has 1 amide bonds. The van der Waals surface area contributed by atoms with Crippen LogP contribution in [0.2, 0.25) is 0 Å². The number of halogens is 2. The number of carbonyl (C=O) groups excluding carboxylic acids is 1. The lowest BCUT2D eigenvalue weighted by atomic mass is 10.0. The van der Waals surface area contributed by atoms with Crippen molar-refractivity contribution in [2.24, 2.45) is 0 Å². The van der Waals surface area contributed by atoms with Crippen LogP contribution in [0.15, 0.2) is 36.7 Å². The molecule has 1 aromatic heterocycles. The van der Waals surface area contributed by atoms with Crippen molar-refractivity contribution in [1.29, 1.82) is 0 Å². The minimum atomic E-state index is -0.755. The van der Waals surface area contributed by atoms with E-state index in [4.69, 9.17) is 0 Å². The van der Waals surface area contributed by atoms with Crippen LogP contribution in [0.25, 0.3) is 0 Å². The Bertz CT molecular complexity index is 675. The number of hydrogen-bond donors (Lipinski definition) is 1. The average molecular weight is 307 g/mol. The minimum Gasteiger partial charge on any atom is -0.391 e. The van der Waals surface area contributed by atoms with Gasteiger partial charge in [-0.25, -0.2) is 8.78 Å². The summed E-state index contributed by atoms with van der Waals surface area (Å²) in [5.41, 5.74) is 0.0883. The van der Waals surface area contributed by atoms with Gasteiger partial charge in [0.2, 0.25) is 5.91 Å². The van der Waals surface area contributed by atoms with Crippen molar-refractivity contribution < 1.29 is 18.7 Å². The molecule has 1 aliphatic rings. The number of carbonyl (C=O) groups is 1. The summed E-state index contributed by atoms with van der Waals surface area (Å²) in [6.07, 6.45) is 2.62. The van der Waals surface area contributed by atoms with E-state index in [1.165, 1.54) is 9.58 Å². The first-order valence-corrected chi connectivity index (χ1v) is 6.94. The molecule has 0 aliphatic carbocycles. The summed E-state index contributed by atoms with van der Waals surface area (Å²) in [5.74, 6) is -1.46. The summed E-state index contributed by atoms with van der Waals surface area (Å²) in [6.45, 7) is 0.0911. The Morgan fingerprint density at radius 1 is 1.41 bits per heavy atom. The number of amides is 1. The molecule has 3 rings (SSSR count). The first kappa shape index (κ1) is 14.6. The fraction of sp³-hybridized carbons (Fsp3) is 0.333. The maximum atomic E-state index is 14.0. The highest BCUT2D eigenvalue weighted by molar-refractivity contribution is 5.77. The molecule has 2 heterocycles. The summed E-state index contributed by atoms with van der Waals surface area (Å²) >= 11 is 0. The number of benzene rings is 1. The first-order valence-electron chi connectivity index (χ1n) is 6.94. The van der Waals surface area contributed by atoms with Gasteiger partial charge in [-0.15, -0.1) is 0 Å². The van der Waals surface area contributed by atoms with E-state index >= 15 is 0 Å². The molecule has 7 heteroatoms. The van der Waals surface area contributed by atoms with Crippen LogP contribution in [0.5, 0.6) is 0 Å². The van der Waals surface area contributed by atoms with Gasteiger partial charge in [0.25, 0.3) is 0 Å². The predicted octanol–water partition coefficient (Wildman–Crippen LogP) is 1.50. The third kappa shape index (κ3) is 2.85. The lowest BCUT2D eigenvalue weighted by Crippen LogP contribution is -2.34. The highest BCUT2D eigenvalue weighted by Gasteiger charge is 2.36. The first-order chi connectivity index (χ1) is 10.5. The van der Waals surface area contributed by atoms with Crippen molar-refractivity contribution in [3.05, 3.63) is 53.9 Å². The van der Waals surface area contributed by atoms with Gasteiger partial charge in [-0.3, -0.25) is 9.48 Å². The molecule has 2 aromatic rings. The summed E-state index contributed by atoms with van der Waals surface area (Å²) in [4.78, 5) is 13.8. The number of nitrogens with zero attached hydrogens (tertiary/aromatic N) is 3. The lowest BCUT2D eigenvalue weighted by molar-refractivity contribution is -0.133. The average Bonchev–Trinajstić information content (AvgIpc) is 3.11. The molecule has 0 saturated carbocycles. The van der Waals surface area contributed by atoms with E-state index in [1.807, 2.05) is 0 Å². The van der Waals surface area contributed by atoms with Gasteiger partial charge in [-0.05, 0) is 30.7 Å². The Labute approximate surface area is 125 Å². The molecule has 22 heavy (non-hydrogen) atoms. The van der Waals surface area contributed by atoms with Crippen molar-refractivity contribution >= 4 is 5.91 Å². The number of hydrogen-bond acceptors (Lipinski definition) is 3. The molecule has 1 saturated heterocycles. The minimum absolute atomic E-state index is 0.00679. The summed E-state index contributed by atoms with van der Waals surface area (Å²) in [5, 5.41) is 13.8. The topological polar surface area (TPSA) is 58.4 Å². The Morgan fingerprint density at radius 2 is 2.23 bits per heavy atom. The smallest absolute Gasteiger partial charge is 0.244 e. The molecule has 0 bridgehead atoms. The molecule has 1 N–H and O–H groups in total. The summed E-state index contributed by atoms with van der Waals surface area (Å²) in [7, 11) is 0. The Kier molecular flexibility index (Phi) is 3.89. The zero-order valence-corrected chi connectivity index (χ0v) is 11.7. The van der Waals surface area contributed by atoms with Crippen molar-refractivity contribution in [2.45, 2.75) is 25.1 Å². The normalized spacial score (nSPS) is 21.3. The number of likely N-dealkylation sites (tertiary alicyclic amines) is 1. The van der Waals surface area contributed by atoms with E-state index in [9.17, 15) is 18.7 Å². The van der Waals surface area contributed by atoms with E-state index in [0.29, 0.717) is 0 Å². The number of β-amino-alcohol motifs (C(OH)–C–C–N with tert-alkyl or cyclic N) is 1. The molecule has 1 aromatic carbocycles. The van der Waals surface area contributed by atoms with Crippen molar-refractivity contribution in [2.75, 3.05) is 6.54 Å². The largest absolute Gasteiger partial charge is 0.391 e. The van der Waals surface area contributed by atoms with Crippen LogP contribution >= 0.6 is 0 Å². The molecule has 1 aliphatic heterocycles. The SMILES string of the molecule is O=C(Cn1cccn1)N1C[C@@H](O)C[C@H]1c1cc(F)ccc1F. The second kappa shape index (κ2) is 5.84. The van der Waals surface area contributed by atoms with Gasteiger partial charge in [0.1, 0.15) is 18.2 Å². The zero-order chi connectivity index (χ0) is 15.7. The van der Waals surface area contributed by atoms with Crippen LogP contribution in [0, 0.1) is 11.6 Å². The monoisotopic (exact) mass is 307 g/mol. The highest BCUT2D eigenvalue weighted by Crippen LogP contribution is 2.34. The summed E-state index contributed by atoms with van der Waals surface area (Å²) < 4.78 is 28.8. The maximum absolute atomic E-state index is 14.0. The van der Waals surface area contributed by atoms with E-state index in [0.717, 1.165) is 18.2 Å². The Morgan fingerprint density at radius 3 is 2.95 bits per heavy atom. The molecular weight excluding hydrogens is 292 g/mol. The lowest BCUT2D eigenvalue weighted by Gasteiger charge is -2.25. The van der Waals surface area contributed by atoms with Crippen molar-refractivity contribution in [1.82, 2.24) is 14.7 Å². The number of rotatable bonds is 3. The third-order valence-electron chi connectivity index (χ3n) is 3.77. The Balaban J connectivity index is 1.85. The van der Waals surface area contributed by atoms with Crippen LogP contribution in [-0.4, -0.2) is 38.3 Å². The van der Waals surface area contributed by atoms with Crippen LogP contribution in [-0.2, 0) is 11.3 Å². The van der Waals surface area contributed by atoms with Crippen LogP contribution in [0.4, 0.5) is 8.78 Å². The van der Waals surface area contributed by atoms with E-state index in [1.54, 1.807) is 18.5 Å². The van der Waals surface area contributed by atoms with Gasteiger partial charge >= 0.3 is 0 Å². The van der Waals surface area contributed by atoms with Gasteiger partial charge in [0, 0.05) is 24.5 Å². The van der Waals surface area contributed by atoms with Crippen LogP contribution < -0.4 is 0 Å². The molecule has 116 valence electrons.